The molecule has 12 nitrogen and oxygen atoms in total. The van der Waals surface area contributed by atoms with Crippen molar-refractivity contribution in [1.29, 1.82) is 0 Å². The number of ether oxygens (including phenoxy) is 2. The largest absolute Gasteiger partial charge is 0.497 e. The number of nitrogens with zero attached hydrogens (tertiary/aromatic N) is 4. The van der Waals surface area contributed by atoms with Gasteiger partial charge in [-0.1, -0.05) is 145 Å². The molecule has 0 radical (unpaired) electrons. The van der Waals surface area contributed by atoms with Crippen molar-refractivity contribution in [3.05, 3.63) is 195 Å². The Morgan fingerprint density at radius 2 is 1.44 bits per heavy atom. The van der Waals surface area contributed by atoms with Crippen molar-refractivity contribution in [2.75, 3.05) is 19.5 Å². The molecular formula is C50H42N6O6S4. The average Bonchev–Trinajstić information content (AvgIpc) is 4.05. The van der Waals surface area contributed by atoms with E-state index in [9.17, 15) is 14.7 Å². The van der Waals surface area contributed by atoms with E-state index in [-0.39, 0.29) is 35.7 Å². The number of rotatable bonds is 16. The molecule has 9 rings (SSSR count). The van der Waals surface area contributed by atoms with Crippen LogP contribution in [0, 0.1) is 0 Å². The zero-order valence-corrected chi connectivity index (χ0v) is 38.9. The second-order valence-corrected chi connectivity index (χ2v) is 18.6. The lowest BCUT2D eigenvalue weighted by atomic mass is 9.77. The summed E-state index contributed by atoms with van der Waals surface area (Å²) in [5, 5.41) is 24.4. The van der Waals surface area contributed by atoms with Crippen LogP contribution in [-0.2, 0) is 37.9 Å². The van der Waals surface area contributed by atoms with E-state index >= 15 is 0 Å². The van der Waals surface area contributed by atoms with Crippen molar-refractivity contribution in [3.63, 3.8) is 0 Å². The topological polar surface area (TPSA) is 148 Å². The number of oxime groups is 1. The first-order valence-electron chi connectivity index (χ1n) is 20.8. The third-order valence-electron chi connectivity index (χ3n) is 11.2. The number of anilines is 1. The first kappa shape index (κ1) is 44.5. The monoisotopic (exact) mass is 950 g/mol. The van der Waals surface area contributed by atoms with Crippen molar-refractivity contribution in [2.45, 2.75) is 35.9 Å². The fourth-order valence-electron chi connectivity index (χ4n) is 7.89. The summed E-state index contributed by atoms with van der Waals surface area (Å²) >= 11 is 9.88. The van der Waals surface area contributed by atoms with Gasteiger partial charge in [0, 0.05) is 22.7 Å². The molecule has 66 heavy (non-hydrogen) atoms. The van der Waals surface area contributed by atoms with Crippen LogP contribution in [0.2, 0.25) is 0 Å². The van der Waals surface area contributed by atoms with Gasteiger partial charge in [0.25, 0.3) is 5.91 Å². The molecule has 16 heteroatoms. The average molecular weight is 951 g/mol. The molecule has 0 spiro atoms. The number of benzene rings is 5. The molecule has 1 amide bonds. The van der Waals surface area contributed by atoms with E-state index in [1.807, 2.05) is 96.4 Å². The van der Waals surface area contributed by atoms with Crippen LogP contribution in [0.5, 0.6) is 5.75 Å². The van der Waals surface area contributed by atoms with Gasteiger partial charge in [-0.2, -0.15) is 0 Å². The van der Waals surface area contributed by atoms with Gasteiger partial charge in [-0.15, -0.1) is 34.4 Å². The maximum atomic E-state index is 14.7. The number of thiazole rings is 2. The van der Waals surface area contributed by atoms with Gasteiger partial charge in [0.05, 0.1) is 35.3 Å². The number of aromatic nitrogens is 2. The second-order valence-electron chi connectivity index (χ2n) is 15.1. The van der Waals surface area contributed by atoms with E-state index in [2.05, 4.69) is 52.2 Å². The predicted octanol–water partition coefficient (Wildman–Crippen LogP) is 9.23. The molecule has 3 N–H and O–H groups in total. The van der Waals surface area contributed by atoms with Crippen LogP contribution in [0.1, 0.15) is 44.9 Å². The van der Waals surface area contributed by atoms with Gasteiger partial charge in [0.1, 0.15) is 46.8 Å². The number of aliphatic hydroxyl groups excluding tert-OH is 1. The fourth-order valence-corrected chi connectivity index (χ4v) is 11.6. The lowest BCUT2D eigenvalue weighted by Crippen LogP contribution is -2.56. The highest BCUT2D eigenvalue weighted by molar-refractivity contribution is 8.01. The lowest BCUT2D eigenvalue weighted by Gasteiger charge is -2.48. The Balaban J connectivity index is 1.07. The highest BCUT2D eigenvalue weighted by Crippen LogP contribution is 2.48. The van der Waals surface area contributed by atoms with Crippen LogP contribution >= 0.6 is 46.7 Å². The number of nitrogens with one attached hydrogen (secondary N) is 2. The van der Waals surface area contributed by atoms with E-state index in [1.54, 1.807) is 29.5 Å². The minimum absolute atomic E-state index is 0.0136. The number of aliphatic hydroxyl groups is 1. The zero-order chi connectivity index (χ0) is 45.6. The fraction of sp³-hybridized carbons (Fsp3) is 0.160. The maximum Gasteiger partial charge on any atom is 0.355 e. The summed E-state index contributed by atoms with van der Waals surface area (Å²) in [7, 11) is 2.96. The standard InChI is InChI=1S/C50H42N6O6S4/c1-60-37-24-20-32(21-25-37)28-62-48(59)44-42(46-51-38(29-64-46)33-22-18-31(27-57)19-23-33)47(66-41-26-40(63)56(41)44)53-45(58)43(55-61-2)39-30-65-49(52-39)54-50(34-12-6-3-7-13-34,35-14-8-4-9-15-35)36-16-10-5-11-17-36/h3-25,29-30,41,47,57H,26-28H2,1-2H3,(H,52,54)(H,53,58)/t41-,47?/m0/s1. The molecule has 1 unspecified atom stereocenters. The first-order valence-corrected chi connectivity index (χ1v) is 23.9. The van der Waals surface area contributed by atoms with Crippen LogP contribution in [0.3, 0.4) is 0 Å². The predicted molar refractivity (Wildman–Crippen MR) is 264 cm³/mol. The third-order valence-corrected chi connectivity index (χ3v) is 14.5. The Morgan fingerprint density at radius 3 is 2.02 bits per heavy atom. The molecule has 2 aliphatic heterocycles. The van der Waals surface area contributed by atoms with E-state index in [4.69, 9.17) is 36.5 Å². The van der Waals surface area contributed by atoms with Gasteiger partial charge in [0.15, 0.2) is 10.8 Å². The summed E-state index contributed by atoms with van der Waals surface area (Å²) in [4.78, 5) is 46.8. The van der Waals surface area contributed by atoms with E-state index in [0.29, 0.717) is 38.6 Å². The first-order chi connectivity index (χ1) is 32.3. The highest BCUT2D eigenvalue weighted by Gasteiger charge is 2.49. The molecule has 332 valence electrons. The van der Waals surface area contributed by atoms with Gasteiger partial charge in [-0.05, 0) is 39.9 Å². The number of carbonyl (C=O) groups is 2. The van der Waals surface area contributed by atoms with Crippen molar-refractivity contribution in [3.8, 4) is 17.0 Å². The van der Waals surface area contributed by atoms with Gasteiger partial charge in [-0.25, -0.2) is 14.8 Å². The van der Waals surface area contributed by atoms with E-state index < -0.39 is 22.8 Å². The highest BCUT2D eigenvalue weighted by atomic mass is 32.2. The molecule has 1 saturated heterocycles. The Bertz CT molecular complexity index is 2810. The van der Waals surface area contributed by atoms with Crippen LogP contribution in [0.25, 0.3) is 16.8 Å². The normalized spacial score (nSPS) is 16.0. The molecule has 1 fully saturated rings. The van der Waals surface area contributed by atoms with Crippen LogP contribution in [-0.4, -0.2) is 67.5 Å². The summed E-state index contributed by atoms with van der Waals surface area (Å²) in [6, 6.07) is 45.2. The number of amides is 1. The molecule has 0 aliphatic carbocycles. The number of esters is 1. The molecule has 2 aromatic heterocycles. The summed E-state index contributed by atoms with van der Waals surface area (Å²) in [6.45, 7) is -0.101. The molecule has 0 bridgehead atoms. The van der Waals surface area contributed by atoms with E-state index in [1.165, 1.54) is 41.5 Å². The minimum atomic E-state index is -0.862. The molecular weight excluding hydrogens is 909 g/mol. The van der Waals surface area contributed by atoms with Crippen molar-refractivity contribution >= 4 is 79.9 Å². The zero-order valence-electron chi connectivity index (χ0n) is 35.6. The Morgan fingerprint density at radius 1 is 0.818 bits per heavy atom. The molecule has 7 aromatic rings. The number of methoxy groups -OCH3 is 1. The number of carbonyl (C=O) groups excluding carboxylic acids is 2. The molecule has 2 aliphatic rings. The van der Waals surface area contributed by atoms with Gasteiger partial charge in [0.2, 0.25) is 0 Å². The van der Waals surface area contributed by atoms with Gasteiger partial charge < -0.3 is 35.0 Å². The second kappa shape index (κ2) is 19.8. The SMILES string of the molecule is CON=C(C(=O)NC1S[C@H]2CC(=S)N2C(C(=O)OCc2ccc(OC)cc2)=C1c1nc(-c2ccc(CO)cc2)cs1)c1csc(NC(c2ccccc2)(c2ccccc2)c2ccccc2)n1. The van der Waals surface area contributed by atoms with Gasteiger partial charge in [-0.3, -0.25) is 4.79 Å². The number of thioether (sulfide) groups is 1. The Kier molecular flexibility index (Phi) is 13.4. The lowest BCUT2D eigenvalue weighted by molar-refractivity contribution is -0.141. The number of thiocarbonyl (C=S) groups is 1. The Hall–Kier alpha value is -6.69. The molecule has 2 atom stereocenters. The quantitative estimate of drug-likeness (QED) is 0.0279. The Labute approximate surface area is 399 Å². The van der Waals surface area contributed by atoms with Crippen molar-refractivity contribution in [1.82, 2.24) is 20.2 Å². The number of hydrogen-bond acceptors (Lipinski definition) is 14. The molecule has 0 saturated carbocycles. The van der Waals surface area contributed by atoms with Crippen molar-refractivity contribution < 1.29 is 29.0 Å². The van der Waals surface area contributed by atoms with Gasteiger partial charge >= 0.3 is 5.97 Å². The van der Waals surface area contributed by atoms with Crippen molar-refractivity contribution in [2.24, 2.45) is 5.16 Å². The molecule has 5 aromatic carbocycles. The summed E-state index contributed by atoms with van der Waals surface area (Å²) in [6.07, 6.45) is 0.515. The summed E-state index contributed by atoms with van der Waals surface area (Å²) < 4.78 is 11.3. The molecule has 4 heterocycles. The summed E-state index contributed by atoms with van der Waals surface area (Å²) in [5.41, 5.74) is 5.97. The number of hydrogen-bond donors (Lipinski definition) is 3. The van der Waals surface area contributed by atoms with Crippen LogP contribution in [0.4, 0.5) is 5.13 Å². The minimum Gasteiger partial charge on any atom is -0.497 e. The van der Waals surface area contributed by atoms with Crippen LogP contribution in [0.15, 0.2) is 161 Å². The smallest absolute Gasteiger partial charge is 0.355 e. The van der Waals surface area contributed by atoms with E-state index in [0.717, 1.165) is 33.4 Å². The maximum absolute atomic E-state index is 14.7. The van der Waals surface area contributed by atoms with Crippen LogP contribution < -0.4 is 15.4 Å². The number of fused-ring (bicyclic) bond motifs is 1. The summed E-state index contributed by atoms with van der Waals surface area (Å²) in [5.74, 6) is -0.517. The third kappa shape index (κ3) is 8.97.